The molecule has 0 unspecified atom stereocenters. The molecule has 0 heterocycles. The third-order valence-electron chi connectivity index (χ3n) is 2.64. The maximum atomic E-state index is 13.6. The Bertz CT molecular complexity index is 549. The van der Waals surface area contributed by atoms with E-state index in [0.29, 0.717) is 22.2 Å². The molecule has 0 aromatic heterocycles. The molecule has 2 rings (SSSR count). The minimum Gasteiger partial charge on any atom is -0.380 e. The Kier molecular flexibility index (Phi) is 4.10. The predicted octanol–water partition coefficient (Wildman–Crippen LogP) is 5.05. The van der Waals surface area contributed by atoms with E-state index in [1.807, 2.05) is 25.1 Å². The van der Waals surface area contributed by atoms with Gasteiger partial charge in [0.15, 0.2) is 0 Å². The predicted molar refractivity (Wildman–Crippen MR) is 74.9 cm³/mol. The van der Waals surface area contributed by atoms with Crippen LogP contribution >= 0.6 is 23.2 Å². The Morgan fingerprint density at radius 3 is 2.56 bits per heavy atom. The number of hydrogen-bond acceptors (Lipinski definition) is 1. The summed E-state index contributed by atoms with van der Waals surface area (Å²) >= 11 is 12.0. The highest BCUT2D eigenvalue weighted by Gasteiger charge is 2.07. The molecule has 1 nitrogen and oxygen atoms in total. The molecule has 0 bridgehead atoms. The summed E-state index contributed by atoms with van der Waals surface area (Å²) in [4.78, 5) is 0. The topological polar surface area (TPSA) is 12.0 Å². The van der Waals surface area contributed by atoms with Gasteiger partial charge in [-0.1, -0.05) is 35.3 Å². The Balaban J connectivity index is 2.16. The fourth-order valence-corrected chi connectivity index (χ4v) is 2.18. The summed E-state index contributed by atoms with van der Waals surface area (Å²) in [6.07, 6.45) is 0. The lowest BCUT2D eigenvalue weighted by molar-refractivity contribution is 0.613. The molecular weight excluding hydrogens is 272 g/mol. The van der Waals surface area contributed by atoms with Crippen molar-refractivity contribution in [3.8, 4) is 0 Å². The van der Waals surface area contributed by atoms with Crippen LogP contribution in [0.3, 0.4) is 0 Å². The molecule has 0 radical (unpaired) electrons. The van der Waals surface area contributed by atoms with Crippen molar-refractivity contribution < 1.29 is 4.39 Å². The maximum Gasteiger partial charge on any atom is 0.129 e. The number of aryl methyl sites for hydroxylation is 1. The number of hydrogen-bond donors (Lipinski definition) is 1. The largest absolute Gasteiger partial charge is 0.380 e. The molecule has 0 amide bonds. The van der Waals surface area contributed by atoms with Crippen LogP contribution in [0.2, 0.25) is 10.0 Å². The van der Waals surface area contributed by atoms with E-state index in [1.54, 1.807) is 12.1 Å². The Labute approximate surface area is 116 Å². The highest BCUT2D eigenvalue weighted by Crippen LogP contribution is 2.25. The number of nitrogens with one attached hydrogen (secondary N) is 1. The van der Waals surface area contributed by atoms with E-state index in [0.717, 1.165) is 11.3 Å². The van der Waals surface area contributed by atoms with Crippen molar-refractivity contribution in [1.82, 2.24) is 0 Å². The van der Waals surface area contributed by atoms with E-state index in [-0.39, 0.29) is 5.82 Å². The zero-order chi connectivity index (χ0) is 13.1. The second-order valence-electron chi connectivity index (χ2n) is 4.04. The molecule has 0 atom stereocenters. The van der Waals surface area contributed by atoms with Crippen LogP contribution in [0.25, 0.3) is 0 Å². The first-order valence-electron chi connectivity index (χ1n) is 5.51. The van der Waals surface area contributed by atoms with Crippen LogP contribution in [0.5, 0.6) is 0 Å². The van der Waals surface area contributed by atoms with E-state index >= 15 is 0 Å². The van der Waals surface area contributed by atoms with E-state index in [9.17, 15) is 4.39 Å². The standard InChI is InChI=1S/C14H12Cl2FN/c1-9-5-6-14(12(16)7-9)18-8-10-11(15)3-2-4-13(10)17/h2-7,18H,8H2,1H3. The summed E-state index contributed by atoms with van der Waals surface area (Å²) in [7, 11) is 0. The third kappa shape index (κ3) is 2.95. The van der Waals surface area contributed by atoms with Crippen LogP contribution < -0.4 is 5.32 Å². The zero-order valence-corrected chi connectivity index (χ0v) is 11.3. The van der Waals surface area contributed by atoms with Gasteiger partial charge in [-0.05, 0) is 36.8 Å². The lowest BCUT2D eigenvalue weighted by Gasteiger charge is -2.11. The van der Waals surface area contributed by atoms with Crippen molar-refractivity contribution in [2.24, 2.45) is 0 Å². The SMILES string of the molecule is Cc1ccc(NCc2c(F)cccc2Cl)c(Cl)c1. The normalized spacial score (nSPS) is 10.4. The molecule has 2 aromatic rings. The summed E-state index contributed by atoms with van der Waals surface area (Å²) in [5.41, 5.74) is 2.28. The lowest BCUT2D eigenvalue weighted by Crippen LogP contribution is -2.03. The molecule has 18 heavy (non-hydrogen) atoms. The van der Waals surface area contributed by atoms with Gasteiger partial charge in [0.2, 0.25) is 0 Å². The van der Waals surface area contributed by atoms with Crippen LogP contribution in [0.15, 0.2) is 36.4 Å². The Morgan fingerprint density at radius 1 is 1.11 bits per heavy atom. The first-order chi connectivity index (χ1) is 8.58. The van der Waals surface area contributed by atoms with Gasteiger partial charge in [-0.2, -0.15) is 0 Å². The Morgan fingerprint density at radius 2 is 1.89 bits per heavy atom. The molecule has 0 spiro atoms. The van der Waals surface area contributed by atoms with Gasteiger partial charge in [-0.3, -0.25) is 0 Å². The number of rotatable bonds is 3. The van der Waals surface area contributed by atoms with Crippen molar-refractivity contribution in [3.63, 3.8) is 0 Å². The van der Waals surface area contributed by atoms with E-state index in [2.05, 4.69) is 5.32 Å². The van der Waals surface area contributed by atoms with Gasteiger partial charge in [0.1, 0.15) is 5.82 Å². The molecule has 94 valence electrons. The summed E-state index contributed by atoms with van der Waals surface area (Å²) in [6, 6.07) is 10.3. The summed E-state index contributed by atoms with van der Waals surface area (Å²) in [6.45, 7) is 2.26. The lowest BCUT2D eigenvalue weighted by atomic mass is 10.2. The fourth-order valence-electron chi connectivity index (χ4n) is 1.65. The molecule has 0 aliphatic carbocycles. The van der Waals surface area contributed by atoms with Gasteiger partial charge >= 0.3 is 0 Å². The molecule has 2 aromatic carbocycles. The van der Waals surface area contributed by atoms with Gasteiger partial charge < -0.3 is 5.32 Å². The zero-order valence-electron chi connectivity index (χ0n) is 9.81. The second-order valence-corrected chi connectivity index (χ2v) is 4.85. The van der Waals surface area contributed by atoms with Crippen LogP contribution in [-0.2, 0) is 6.54 Å². The molecule has 0 saturated carbocycles. The molecular formula is C14H12Cl2FN. The third-order valence-corrected chi connectivity index (χ3v) is 3.31. The van der Waals surface area contributed by atoms with Gasteiger partial charge in [0.25, 0.3) is 0 Å². The van der Waals surface area contributed by atoms with Crippen LogP contribution in [0.4, 0.5) is 10.1 Å². The minimum atomic E-state index is -0.321. The van der Waals surface area contributed by atoms with E-state index in [4.69, 9.17) is 23.2 Å². The molecule has 0 saturated heterocycles. The smallest absolute Gasteiger partial charge is 0.129 e. The van der Waals surface area contributed by atoms with E-state index in [1.165, 1.54) is 6.07 Å². The molecule has 1 N–H and O–H groups in total. The van der Waals surface area contributed by atoms with Gasteiger partial charge in [-0.15, -0.1) is 0 Å². The molecule has 0 aliphatic rings. The first kappa shape index (κ1) is 13.2. The van der Waals surface area contributed by atoms with Crippen LogP contribution in [-0.4, -0.2) is 0 Å². The summed E-state index contributed by atoms with van der Waals surface area (Å²) in [5, 5.41) is 4.10. The molecule has 4 heteroatoms. The second kappa shape index (κ2) is 5.59. The van der Waals surface area contributed by atoms with Crippen molar-refractivity contribution in [2.45, 2.75) is 13.5 Å². The van der Waals surface area contributed by atoms with Gasteiger partial charge in [-0.25, -0.2) is 4.39 Å². The monoisotopic (exact) mass is 283 g/mol. The van der Waals surface area contributed by atoms with Gasteiger partial charge in [0.05, 0.1) is 10.7 Å². The fraction of sp³-hybridized carbons (Fsp3) is 0.143. The average Bonchev–Trinajstić information content (AvgIpc) is 2.31. The molecule has 0 fully saturated rings. The average molecular weight is 284 g/mol. The summed E-state index contributed by atoms with van der Waals surface area (Å²) in [5.74, 6) is -0.321. The molecule has 0 aliphatic heterocycles. The highest BCUT2D eigenvalue weighted by atomic mass is 35.5. The number of benzene rings is 2. The Hall–Kier alpha value is -1.25. The van der Waals surface area contributed by atoms with Crippen molar-refractivity contribution in [1.29, 1.82) is 0 Å². The summed E-state index contributed by atoms with van der Waals surface area (Å²) < 4.78 is 13.6. The maximum absolute atomic E-state index is 13.6. The van der Waals surface area contributed by atoms with Gasteiger partial charge in [0, 0.05) is 17.1 Å². The van der Waals surface area contributed by atoms with E-state index < -0.39 is 0 Å². The van der Waals surface area contributed by atoms with Crippen molar-refractivity contribution in [3.05, 3.63) is 63.4 Å². The highest BCUT2D eigenvalue weighted by molar-refractivity contribution is 6.33. The quantitative estimate of drug-likeness (QED) is 0.831. The number of halogens is 3. The van der Waals surface area contributed by atoms with Crippen molar-refractivity contribution >= 4 is 28.9 Å². The van der Waals surface area contributed by atoms with Crippen molar-refractivity contribution in [2.75, 3.05) is 5.32 Å². The van der Waals surface area contributed by atoms with Crippen LogP contribution in [0, 0.1) is 12.7 Å². The first-order valence-corrected chi connectivity index (χ1v) is 6.26. The number of anilines is 1. The minimum absolute atomic E-state index is 0.300. The van der Waals surface area contributed by atoms with Crippen LogP contribution in [0.1, 0.15) is 11.1 Å².